The van der Waals surface area contributed by atoms with Crippen LogP contribution in [0.1, 0.15) is 25.1 Å². The molecule has 0 saturated carbocycles. The van der Waals surface area contributed by atoms with E-state index in [1.54, 1.807) is 11.3 Å². The summed E-state index contributed by atoms with van der Waals surface area (Å²) in [5.74, 6) is 0. The summed E-state index contributed by atoms with van der Waals surface area (Å²) in [6.45, 7) is 5.31. The van der Waals surface area contributed by atoms with Gasteiger partial charge in [0.25, 0.3) is 0 Å². The lowest BCUT2D eigenvalue weighted by Gasteiger charge is -2.09. The fraction of sp³-hybridized carbons (Fsp3) is 0.556. The smallest absolute Gasteiger partial charge is 0.0931 e. The highest BCUT2D eigenvalue weighted by Crippen LogP contribution is 2.21. The Bertz CT molecular complexity index is 234. The molecule has 1 N–H and O–H groups in total. The molecule has 0 amide bonds. The van der Waals surface area contributed by atoms with Crippen molar-refractivity contribution in [3.05, 3.63) is 21.3 Å². The molecular formula is C9H14ClNS. The molecule has 1 aromatic heterocycles. The number of rotatable bonds is 4. The largest absolute Gasteiger partial charge is 0.309 e. The molecule has 3 heteroatoms. The molecule has 0 fully saturated rings. The molecule has 1 rings (SSSR count). The number of hydrogen-bond acceptors (Lipinski definition) is 2. The van der Waals surface area contributed by atoms with Gasteiger partial charge in [-0.2, -0.15) is 0 Å². The second kappa shape index (κ2) is 4.85. The third kappa shape index (κ3) is 3.13. The van der Waals surface area contributed by atoms with Crippen molar-refractivity contribution in [3.8, 4) is 0 Å². The van der Waals surface area contributed by atoms with Gasteiger partial charge in [-0.1, -0.05) is 18.5 Å². The first-order chi connectivity index (χ1) is 5.72. The van der Waals surface area contributed by atoms with Crippen LogP contribution in [0, 0.1) is 0 Å². The van der Waals surface area contributed by atoms with Crippen molar-refractivity contribution in [2.75, 3.05) is 0 Å². The molecule has 0 spiro atoms. The molecule has 0 aliphatic heterocycles. The molecule has 12 heavy (non-hydrogen) atoms. The Morgan fingerprint density at radius 3 is 2.83 bits per heavy atom. The molecule has 1 unspecified atom stereocenters. The summed E-state index contributed by atoms with van der Waals surface area (Å²) in [7, 11) is 0. The molecule has 0 bridgehead atoms. The van der Waals surface area contributed by atoms with Crippen LogP contribution >= 0.6 is 22.9 Å². The Morgan fingerprint density at radius 1 is 1.58 bits per heavy atom. The van der Waals surface area contributed by atoms with Crippen LogP contribution in [0.25, 0.3) is 0 Å². The zero-order chi connectivity index (χ0) is 8.97. The predicted octanol–water partition coefficient (Wildman–Crippen LogP) is 3.29. The Kier molecular flexibility index (Phi) is 4.06. The zero-order valence-electron chi connectivity index (χ0n) is 7.43. The third-order valence-corrected chi connectivity index (χ3v) is 3.10. The van der Waals surface area contributed by atoms with Gasteiger partial charge in [-0.25, -0.2) is 0 Å². The van der Waals surface area contributed by atoms with Crippen LogP contribution in [0.2, 0.25) is 4.34 Å². The van der Waals surface area contributed by atoms with E-state index in [0.717, 1.165) is 10.9 Å². The van der Waals surface area contributed by atoms with Gasteiger partial charge in [0.1, 0.15) is 0 Å². The molecule has 0 aromatic carbocycles. The molecule has 1 atom stereocenters. The van der Waals surface area contributed by atoms with E-state index in [1.807, 2.05) is 6.07 Å². The second-order valence-electron chi connectivity index (χ2n) is 2.90. The summed E-state index contributed by atoms with van der Waals surface area (Å²) >= 11 is 7.44. The maximum absolute atomic E-state index is 5.80. The molecule has 1 aromatic rings. The fourth-order valence-electron chi connectivity index (χ4n) is 0.866. The summed E-state index contributed by atoms with van der Waals surface area (Å²) in [6.07, 6.45) is 1.17. The highest BCUT2D eigenvalue weighted by Gasteiger charge is 2.00. The summed E-state index contributed by atoms with van der Waals surface area (Å²) < 4.78 is 0.871. The van der Waals surface area contributed by atoms with Gasteiger partial charge in [-0.3, -0.25) is 0 Å². The van der Waals surface area contributed by atoms with Gasteiger partial charge in [0.05, 0.1) is 4.34 Å². The topological polar surface area (TPSA) is 12.0 Å². The average Bonchev–Trinajstić information content (AvgIpc) is 2.47. The van der Waals surface area contributed by atoms with Crippen molar-refractivity contribution in [1.29, 1.82) is 0 Å². The highest BCUT2D eigenvalue weighted by atomic mass is 35.5. The van der Waals surface area contributed by atoms with Crippen molar-refractivity contribution in [2.45, 2.75) is 32.9 Å². The van der Waals surface area contributed by atoms with E-state index < -0.39 is 0 Å². The van der Waals surface area contributed by atoms with E-state index in [2.05, 4.69) is 25.2 Å². The molecule has 0 saturated heterocycles. The van der Waals surface area contributed by atoms with Gasteiger partial charge in [-0.05, 0) is 25.5 Å². The number of thiophene rings is 1. The van der Waals surface area contributed by atoms with Crippen LogP contribution in [0.3, 0.4) is 0 Å². The minimum Gasteiger partial charge on any atom is -0.309 e. The first-order valence-electron chi connectivity index (χ1n) is 4.20. The van der Waals surface area contributed by atoms with Crippen molar-refractivity contribution in [2.24, 2.45) is 0 Å². The Hall–Kier alpha value is -0.0500. The lowest BCUT2D eigenvalue weighted by Crippen LogP contribution is -2.23. The van der Waals surface area contributed by atoms with E-state index in [1.165, 1.54) is 11.3 Å². The molecule has 0 aliphatic carbocycles. The maximum Gasteiger partial charge on any atom is 0.0931 e. The lowest BCUT2D eigenvalue weighted by molar-refractivity contribution is 0.537. The summed E-state index contributed by atoms with van der Waals surface area (Å²) in [6, 6.07) is 4.60. The minimum atomic E-state index is 0.589. The Balaban J connectivity index is 2.33. The van der Waals surface area contributed by atoms with E-state index >= 15 is 0 Å². The monoisotopic (exact) mass is 203 g/mol. The first kappa shape index (κ1) is 10.0. The van der Waals surface area contributed by atoms with Crippen molar-refractivity contribution in [3.63, 3.8) is 0 Å². The van der Waals surface area contributed by atoms with Gasteiger partial charge in [0, 0.05) is 17.5 Å². The predicted molar refractivity (Wildman–Crippen MR) is 55.9 cm³/mol. The van der Waals surface area contributed by atoms with Crippen LogP contribution in [-0.4, -0.2) is 6.04 Å². The van der Waals surface area contributed by atoms with Crippen molar-refractivity contribution >= 4 is 22.9 Å². The summed E-state index contributed by atoms with van der Waals surface area (Å²) in [4.78, 5) is 1.31. The molecule has 0 radical (unpaired) electrons. The van der Waals surface area contributed by atoms with E-state index in [4.69, 9.17) is 11.6 Å². The van der Waals surface area contributed by atoms with Crippen LogP contribution in [0.4, 0.5) is 0 Å². The van der Waals surface area contributed by atoms with Crippen LogP contribution in [-0.2, 0) is 6.54 Å². The van der Waals surface area contributed by atoms with Gasteiger partial charge >= 0.3 is 0 Å². The van der Waals surface area contributed by atoms with Gasteiger partial charge in [0.15, 0.2) is 0 Å². The van der Waals surface area contributed by atoms with Crippen LogP contribution < -0.4 is 5.32 Å². The molecule has 1 heterocycles. The standard InChI is InChI=1S/C9H14ClNS/c1-3-7(2)11-6-8-4-5-9(10)12-8/h4-5,7,11H,3,6H2,1-2H3. The normalized spacial score (nSPS) is 13.2. The van der Waals surface area contributed by atoms with Gasteiger partial charge in [0.2, 0.25) is 0 Å². The number of hydrogen-bond donors (Lipinski definition) is 1. The molecule has 1 nitrogen and oxygen atoms in total. The molecule has 0 aliphatic rings. The van der Waals surface area contributed by atoms with Crippen LogP contribution in [0.5, 0.6) is 0 Å². The van der Waals surface area contributed by atoms with Gasteiger partial charge in [-0.15, -0.1) is 11.3 Å². The lowest BCUT2D eigenvalue weighted by atomic mass is 10.2. The van der Waals surface area contributed by atoms with Crippen LogP contribution in [0.15, 0.2) is 12.1 Å². The van der Waals surface area contributed by atoms with E-state index in [0.29, 0.717) is 6.04 Å². The average molecular weight is 204 g/mol. The summed E-state index contributed by atoms with van der Waals surface area (Å²) in [5, 5.41) is 3.41. The summed E-state index contributed by atoms with van der Waals surface area (Å²) in [5.41, 5.74) is 0. The minimum absolute atomic E-state index is 0.589. The first-order valence-corrected chi connectivity index (χ1v) is 5.39. The number of nitrogens with one attached hydrogen (secondary N) is 1. The maximum atomic E-state index is 5.80. The SMILES string of the molecule is CCC(C)NCc1ccc(Cl)s1. The Morgan fingerprint density at radius 2 is 2.33 bits per heavy atom. The van der Waals surface area contributed by atoms with E-state index in [-0.39, 0.29) is 0 Å². The fourth-order valence-corrected chi connectivity index (χ4v) is 1.90. The number of halogens is 1. The quantitative estimate of drug-likeness (QED) is 0.792. The Labute approximate surface area is 82.7 Å². The van der Waals surface area contributed by atoms with Crippen molar-refractivity contribution < 1.29 is 0 Å². The molecular weight excluding hydrogens is 190 g/mol. The van der Waals surface area contributed by atoms with E-state index in [9.17, 15) is 0 Å². The van der Waals surface area contributed by atoms with Crippen molar-refractivity contribution in [1.82, 2.24) is 5.32 Å². The second-order valence-corrected chi connectivity index (χ2v) is 4.70. The highest BCUT2D eigenvalue weighted by molar-refractivity contribution is 7.16. The van der Waals surface area contributed by atoms with Gasteiger partial charge < -0.3 is 5.32 Å². The molecule has 68 valence electrons. The zero-order valence-corrected chi connectivity index (χ0v) is 9.00. The third-order valence-electron chi connectivity index (χ3n) is 1.87.